The fourth-order valence-corrected chi connectivity index (χ4v) is 3.46. The molecule has 2 nitrogen and oxygen atoms in total. The van der Waals surface area contributed by atoms with Gasteiger partial charge in [-0.15, -0.1) is 11.8 Å². The highest BCUT2D eigenvalue weighted by Crippen LogP contribution is 2.37. The van der Waals surface area contributed by atoms with Gasteiger partial charge >= 0.3 is 0 Å². The van der Waals surface area contributed by atoms with Crippen molar-refractivity contribution in [3.05, 3.63) is 0 Å². The molecule has 17 heavy (non-hydrogen) atoms. The lowest BCUT2D eigenvalue weighted by molar-refractivity contribution is -0.140. The van der Waals surface area contributed by atoms with Gasteiger partial charge in [-0.1, -0.05) is 19.3 Å². The minimum Gasteiger partial charge on any atom is -0.339 e. The Morgan fingerprint density at radius 3 is 2.59 bits per heavy atom. The van der Waals surface area contributed by atoms with E-state index in [0.29, 0.717) is 5.92 Å². The zero-order valence-electron chi connectivity index (χ0n) is 10.7. The monoisotopic (exact) mass is 259 g/mol. The predicted octanol–water partition coefficient (Wildman–Crippen LogP) is 3.07. The Balaban J connectivity index is 1.98. The summed E-state index contributed by atoms with van der Waals surface area (Å²) < 4.78 is 14.0. The molecule has 3 unspecified atom stereocenters. The van der Waals surface area contributed by atoms with Gasteiger partial charge in [-0.3, -0.25) is 4.79 Å². The van der Waals surface area contributed by atoms with Crippen molar-refractivity contribution in [1.82, 2.24) is 4.90 Å². The number of carbonyl (C=O) groups is 1. The van der Waals surface area contributed by atoms with E-state index in [1.165, 1.54) is 32.6 Å². The molecule has 2 rings (SSSR count). The first-order chi connectivity index (χ1) is 8.04. The number of hydrogen-bond donors (Lipinski definition) is 0. The Labute approximate surface area is 107 Å². The molecule has 2 aliphatic rings. The van der Waals surface area contributed by atoms with Gasteiger partial charge in [0, 0.05) is 13.1 Å². The van der Waals surface area contributed by atoms with E-state index in [9.17, 15) is 9.18 Å². The maximum atomic E-state index is 14.0. The highest BCUT2D eigenvalue weighted by atomic mass is 32.2. The lowest BCUT2D eigenvalue weighted by Gasteiger charge is -2.42. The summed E-state index contributed by atoms with van der Waals surface area (Å²) in [7, 11) is 0. The third kappa shape index (κ3) is 2.78. The summed E-state index contributed by atoms with van der Waals surface area (Å²) in [6.45, 7) is 2.91. The zero-order chi connectivity index (χ0) is 12.5. The molecule has 98 valence electrons. The van der Waals surface area contributed by atoms with Crippen LogP contribution in [0, 0.1) is 11.8 Å². The fraction of sp³-hybridized carbons (Fsp3) is 0.923. The van der Waals surface area contributed by atoms with Crippen LogP contribution in [0.3, 0.4) is 0 Å². The first-order valence-electron chi connectivity index (χ1n) is 6.58. The number of piperidine rings is 1. The molecule has 0 aromatic carbocycles. The zero-order valence-corrected chi connectivity index (χ0v) is 11.6. The Kier molecular flexibility index (Phi) is 4.01. The lowest BCUT2D eigenvalue weighted by atomic mass is 9.75. The van der Waals surface area contributed by atoms with Crippen molar-refractivity contribution < 1.29 is 9.18 Å². The third-order valence-electron chi connectivity index (χ3n) is 4.34. The molecular formula is C13H22FNOS. The first kappa shape index (κ1) is 13.2. The van der Waals surface area contributed by atoms with Crippen LogP contribution in [0.4, 0.5) is 4.39 Å². The van der Waals surface area contributed by atoms with E-state index in [2.05, 4.69) is 0 Å². The molecule has 0 N–H and O–H groups in total. The van der Waals surface area contributed by atoms with Crippen LogP contribution in [0.5, 0.6) is 0 Å². The standard InChI is InChI=1S/C13H22FNOS/c1-13(14,17-2)12(16)15-8-7-10-5-3-4-6-11(10)9-15/h10-11H,3-9H2,1-2H3. The number of thioether (sulfide) groups is 1. The molecule has 0 bridgehead atoms. The number of nitrogens with zero attached hydrogens (tertiary/aromatic N) is 1. The largest absolute Gasteiger partial charge is 0.339 e. The van der Waals surface area contributed by atoms with Crippen LogP contribution in [0.1, 0.15) is 39.0 Å². The number of hydrogen-bond acceptors (Lipinski definition) is 2. The fourth-order valence-electron chi connectivity index (χ4n) is 3.16. The van der Waals surface area contributed by atoms with E-state index in [1.807, 2.05) is 0 Å². The number of halogens is 1. The second-order valence-corrected chi connectivity index (χ2v) is 6.64. The summed E-state index contributed by atoms with van der Waals surface area (Å²) >= 11 is 1.00. The highest BCUT2D eigenvalue weighted by molar-refractivity contribution is 8.00. The van der Waals surface area contributed by atoms with Gasteiger partial charge in [-0.05, 0) is 37.9 Å². The summed E-state index contributed by atoms with van der Waals surface area (Å²) in [5.41, 5.74) is 0. The van der Waals surface area contributed by atoms with Crippen LogP contribution in [0.25, 0.3) is 0 Å². The Morgan fingerprint density at radius 1 is 1.29 bits per heavy atom. The molecule has 1 amide bonds. The minimum atomic E-state index is -1.75. The molecular weight excluding hydrogens is 237 g/mol. The third-order valence-corrected chi connectivity index (χ3v) is 5.29. The van der Waals surface area contributed by atoms with Gasteiger partial charge in [0.1, 0.15) is 0 Å². The van der Waals surface area contributed by atoms with Crippen molar-refractivity contribution in [1.29, 1.82) is 0 Å². The molecule has 1 saturated carbocycles. The molecule has 0 radical (unpaired) electrons. The Hall–Kier alpha value is -0.250. The van der Waals surface area contributed by atoms with Gasteiger partial charge in [0.2, 0.25) is 5.00 Å². The van der Waals surface area contributed by atoms with E-state index in [1.54, 1.807) is 11.2 Å². The summed E-state index contributed by atoms with van der Waals surface area (Å²) in [4.78, 5) is 13.8. The van der Waals surface area contributed by atoms with E-state index in [4.69, 9.17) is 0 Å². The number of rotatable bonds is 2. The summed E-state index contributed by atoms with van der Waals surface area (Å²) in [6.07, 6.45) is 7.87. The van der Waals surface area contributed by atoms with Crippen LogP contribution >= 0.6 is 11.8 Å². The van der Waals surface area contributed by atoms with Crippen LogP contribution in [-0.4, -0.2) is 35.2 Å². The molecule has 1 aliphatic carbocycles. The molecule has 1 aliphatic heterocycles. The summed E-state index contributed by atoms with van der Waals surface area (Å²) in [6, 6.07) is 0. The normalized spacial score (nSPS) is 32.8. The van der Waals surface area contributed by atoms with Crippen molar-refractivity contribution in [2.75, 3.05) is 19.3 Å². The number of likely N-dealkylation sites (tertiary alicyclic amines) is 1. The number of alkyl halides is 1. The summed E-state index contributed by atoms with van der Waals surface area (Å²) in [5, 5.41) is -1.75. The second-order valence-electron chi connectivity index (χ2n) is 5.47. The van der Waals surface area contributed by atoms with Crippen molar-refractivity contribution in [2.24, 2.45) is 11.8 Å². The molecule has 3 atom stereocenters. The molecule has 0 aromatic heterocycles. The van der Waals surface area contributed by atoms with Gasteiger partial charge in [0.15, 0.2) is 0 Å². The number of amides is 1. The highest BCUT2D eigenvalue weighted by Gasteiger charge is 2.40. The van der Waals surface area contributed by atoms with E-state index in [0.717, 1.165) is 37.2 Å². The Morgan fingerprint density at radius 2 is 1.94 bits per heavy atom. The van der Waals surface area contributed by atoms with Crippen molar-refractivity contribution in [3.63, 3.8) is 0 Å². The lowest BCUT2D eigenvalue weighted by Crippen LogP contribution is -2.50. The summed E-state index contributed by atoms with van der Waals surface area (Å²) in [5.74, 6) is 1.08. The predicted molar refractivity (Wildman–Crippen MR) is 69.7 cm³/mol. The van der Waals surface area contributed by atoms with E-state index >= 15 is 0 Å². The van der Waals surface area contributed by atoms with Gasteiger partial charge in [-0.2, -0.15) is 0 Å². The number of fused-ring (bicyclic) bond motifs is 1. The molecule has 4 heteroatoms. The molecule has 1 saturated heterocycles. The molecule has 2 fully saturated rings. The maximum Gasteiger partial charge on any atom is 0.270 e. The SMILES string of the molecule is CSC(C)(F)C(=O)N1CCC2CCCCC2C1. The number of carbonyl (C=O) groups excluding carboxylic acids is 1. The Bertz CT molecular complexity index is 295. The van der Waals surface area contributed by atoms with Crippen LogP contribution in [0.2, 0.25) is 0 Å². The minimum absolute atomic E-state index is 0.325. The first-order valence-corrected chi connectivity index (χ1v) is 7.80. The van der Waals surface area contributed by atoms with Gasteiger partial charge in [0.25, 0.3) is 5.91 Å². The average Bonchev–Trinajstić information content (AvgIpc) is 2.37. The molecule has 0 spiro atoms. The van der Waals surface area contributed by atoms with Gasteiger partial charge in [-0.25, -0.2) is 4.39 Å². The van der Waals surface area contributed by atoms with Crippen LogP contribution in [0.15, 0.2) is 0 Å². The van der Waals surface area contributed by atoms with Crippen LogP contribution in [-0.2, 0) is 4.79 Å². The van der Waals surface area contributed by atoms with Crippen molar-refractivity contribution >= 4 is 17.7 Å². The topological polar surface area (TPSA) is 20.3 Å². The van der Waals surface area contributed by atoms with Gasteiger partial charge < -0.3 is 4.90 Å². The average molecular weight is 259 g/mol. The van der Waals surface area contributed by atoms with Gasteiger partial charge in [0.05, 0.1) is 0 Å². The smallest absolute Gasteiger partial charge is 0.270 e. The quantitative estimate of drug-likeness (QED) is 0.759. The van der Waals surface area contributed by atoms with E-state index < -0.39 is 5.00 Å². The molecule has 0 aromatic rings. The second kappa shape index (κ2) is 5.17. The maximum absolute atomic E-state index is 14.0. The van der Waals surface area contributed by atoms with Crippen LogP contribution < -0.4 is 0 Å². The molecule has 1 heterocycles. The van der Waals surface area contributed by atoms with Crippen molar-refractivity contribution in [3.8, 4) is 0 Å². The van der Waals surface area contributed by atoms with Crippen molar-refractivity contribution in [2.45, 2.75) is 44.0 Å². The van der Waals surface area contributed by atoms with E-state index in [-0.39, 0.29) is 5.91 Å².